The summed E-state index contributed by atoms with van der Waals surface area (Å²) < 4.78 is 0. The molecule has 374 valence electrons. The van der Waals surface area contributed by atoms with Crippen molar-refractivity contribution in [1.82, 2.24) is 9.80 Å². The molecule has 0 unspecified atom stereocenters. The van der Waals surface area contributed by atoms with Crippen LogP contribution in [0.25, 0.3) is 12.2 Å². The van der Waals surface area contributed by atoms with Crippen LogP contribution in [0.2, 0.25) is 0 Å². The molecule has 67 heavy (non-hydrogen) atoms. The molecule has 3 rings (SSSR count). The Balaban J connectivity index is -0.000000277. The van der Waals surface area contributed by atoms with Gasteiger partial charge in [0.1, 0.15) is 12.3 Å². The van der Waals surface area contributed by atoms with E-state index >= 15 is 0 Å². The zero-order chi connectivity index (χ0) is 52.8. The molecule has 0 saturated carbocycles. The number of unbranched alkanes of at least 4 members (excludes halogenated alkanes) is 1. The molecule has 0 aliphatic rings. The molecule has 3 aromatic carbocycles. The average molecular weight is 927 g/mol. The number of rotatable bonds is 17. The van der Waals surface area contributed by atoms with Crippen LogP contribution in [0, 0.1) is 18.8 Å². The molecule has 0 aliphatic heterocycles. The third-order valence-electron chi connectivity index (χ3n) is 7.66. The minimum absolute atomic E-state index is 0.0111. The van der Waals surface area contributed by atoms with Gasteiger partial charge in [0.15, 0.2) is 0 Å². The van der Waals surface area contributed by atoms with Crippen molar-refractivity contribution in [2.75, 3.05) is 37.3 Å². The van der Waals surface area contributed by atoms with Gasteiger partial charge in [0, 0.05) is 44.5 Å². The maximum atomic E-state index is 12.6. The lowest BCUT2D eigenvalue weighted by atomic mass is 10.1. The van der Waals surface area contributed by atoms with Gasteiger partial charge in [0.05, 0.1) is 18.6 Å². The lowest BCUT2D eigenvalue weighted by Gasteiger charge is -2.28. The number of likely N-dealkylation sites (N-methyl/N-ethyl adjacent to an activating group) is 1. The lowest BCUT2D eigenvalue weighted by Crippen LogP contribution is -2.46. The predicted molar refractivity (Wildman–Crippen MR) is 291 cm³/mol. The van der Waals surface area contributed by atoms with Crippen molar-refractivity contribution in [3.63, 3.8) is 0 Å². The number of aldehydes is 1. The molecular weight excluding hydrogens is 837 g/mol. The van der Waals surface area contributed by atoms with Gasteiger partial charge in [-0.2, -0.15) is 0 Å². The van der Waals surface area contributed by atoms with Gasteiger partial charge in [-0.15, -0.1) is 39.2 Å². The highest BCUT2D eigenvalue weighted by atomic mass is 16.3. The number of nitrogens with zero attached hydrogens (tertiary/aromatic N) is 2. The number of aliphatic hydroxyl groups is 2. The summed E-state index contributed by atoms with van der Waals surface area (Å²) >= 11 is 0. The molecule has 10 heteroatoms. The van der Waals surface area contributed by atoms with Crippen molar-refractivity contribution >= 4 is 47.5 Å². The first-order valence-corrected chi connectivity index (χ1v) is 23.0. The smallest absolute Gasteiger partial charge is 0.247 e. The van der Waals surface area contributed by atoms with E-state index in [4.69, 9.17) is 10.2 Å². The Morgan fingerprint density at radius 2 is 1.18 bits per heavy atom. The minimum Gasteiger partial charge on any atom is -0.394 e. The van der Waals surface area contributed by atoms with Gasteiger partial charge in [-0.25, -0.2) is 0 Å². The number of nitrogens with one attached hydrogen (secondary N) is 2. The van der Waals surface area contributed by atoms with Crippen molar-refractivity contribution in [3.8, 4) is 12.8 Å². The molecule has 3 amide bonds. The Morgan fingerprint density at radius 3 is 1.49 bits per heavy atom. The summed E-state index contributed by atoms with van der Waals surface area (Å²) in [5.41, 5.74) is 4.44. The molecule has 0 radical (unpaired) electrons. The van der Waals surface area contributed by atoms with Crippen LogP contribution in [-0.2, 0) is 25.6 Å². The minimum atomic E-state index is -0.500. The second-order valence-electron chi connectivity index (χ2n) is 16.2. The number of allylic oxidation sites excluding steroid dienone is 2. The van der Waals surface area contributed by atoms with Gasteiger partial charge in [0.25, 0.3) is 0 Å². The molecule has 0 heterocycles. The largest absolute Gasteiger partial charge is 0.394 e. The van der Waals surface area contributed by atoms with E-state index < -0.39 is 11.6 Å². The first kappa shape index (κ1) is 70.0. The van der Waals surface area contributed by atoms with Crippen LogP contribution in [0.15, 0.2) is 117 Å². The first-order chi connectivity index (χ1) is 31.7. The second-order valence-corrected chi connectivity index (χ2v) is 16.2. The van der Waals surface area contributed by atoms with E-state index in [2.05, 4.69) is 75.8 Å². The van der Waals surface area contributed by atoms with Gasteiger partial charge in [-0.1, -0.05) is 120 Å². The van der Waals surface area contributed by atoms with Gasteiger partial charge in [0.2, 0.25) is 17.7 Å². The van der Waals surface area contributed by atoms with E-state index in [0.29, 0.717) is 31.8 Å². The molecule has 0 spiro atoms. The zero-order valence-electron chi connectivity index (χ0n) is 43.7. The molecular formula is C57H90N4O6. The fraction of sp³-hybridized carbons (Fsp3) is 0.439. The first-order valence-electron chi connectivity index (χ1n) is 23.0. The highest BCUT2D eigenvalue weighted by Crippen LogP contribution is 2.16. The predicted octanol–water partition coefficient (Wildman–Crippen LogP) is 12.2. The Hall–Kier alpha value is -6.02. The van der Waals surface area contributed by atoms with Crippen molar-refractivity contribution in [3.05, 3.63) is 134 Å². The Labute approximate surface area is 408 Å². The van der Waals surface area contributed by atoms with E-state index in [1.54, 1.807) is 44.4 Å². The summed E-state index contributed by atoms with van der Waals surface area (Å²) in [6.07, 6.45) is 20.8. The number of amides is 3. The van der Waals surface area contributed by atoms with Gasteiger partial charge < -0.3 is 35.4 Å². The van der Waals surface area contributed by atoms with Crippen LogP contribution in [0.5, 0.6) is 0 Å². The number of hydrogen-bond acceptors (Lipinski definition) is 7. The highest BCUT2D eigenvalue weighted by molar-refractivity contribution is 5.97. The number of carbonyl (C=O) groups excluding carboxylic acids is 4. The highest BCUT2D eigenvalue weighted by Gasteiger charge is 2.25. The number of carbonyl (C=O) groups is 4. The van der Waals surface area contributed by atoms with E-state index in [1.165, 1.54) is 13.3 Å². The number of benzene rings is 3. The maximum Gasteiger partial charge on any atom is 0.247 e. The maximum absolute atomic E-state index is 12.6. The van der Waals surface area contributed by atoms with Gasteiger partial charge >= 0.3 is 0 Å². The summed E-state index contributed by atoms with van der Waals surface area (Å²) in [6, 6.07) is 25.0. The topological polar surface area (TPSA) is 139 Å². The third-order valence-corrected chi connectivity index (χ3v) is 7.66. The SMILES string of the molecule is C#C.C=C.C=CCCC=C.CC(C)(C)O.CC(C)CN(CC=O)C(=O)Cc1ccccc1.CC(C)O.CCC.CC[C@@H](C(=O)Nc1ccc(/C=C/c2ccc(NC)cc2)cc1)N(CC)C(C)=O. The van der Waals surface area contributed by atoms with Crippen molar-refractivity contribution in [2.24, 2.45) is 5.92 Å². The van der Waals surface area contributed by atoms with Crippen LogP contribution >= 0.6 is 0 Å². The molecule has 0 fully saturated rings. The quantitative estimate of drug-likeness (QED) is 0.0347. The second kappa shape index (κ2) is 46.5. The Kier molecular flexibility index (Phi) is 48.6. The molecule has 10 nitrogen and oxygen atoms in total. The van der Waals surface area contributed by atoms with Crippen LogP contribution in [-0.4, -0.2) is 88.4 Å². The van der Waals surface area contributed by atoms with Crippen molar-refractivity contribution < 1.29 is 29.4 Å². The third kappa shape index (κ3) is 44.9. The van der Waals surface area contributed by atoms with E-state index in [0.717, 1.165) is 47.2 Å². The molecule has 0 aliphatic carbocycles. The number of terminal acetylenes is 1. The molecule has 4 N–H and O–H groups in total. The summed E-state index contributed by atoms with van der Waals surface area (Å²) in [5.74, 6) is 0.131. The molecule has 1 atom stereocenters. The van der Waals surface area contributed by atoms with Crippen LogP contribution < -0.4 is 10.6 Å². The Morgan fingerprint density at radius 1 is 0.776 bits per heavy atom. The summed E-state index contributed by atoms with van der Waals surface area (Å²) in [5, 5.41) is 22.6. The number of anilines is 2. The molecule has 0 saturated heterocycles. The van der Waals surface area contributed by atoms with Crippen LogP contribution in [0.1, 0.15) is 125 Å². The molecule has 0 aromatic heterocycles. The normalized spacial score (nSPS) is 10.0. The summed E-state index contributed by atoms with van der Waals surface area (Å²) in [7, 11) is 1.90. The molecule has 3 aromatic rings. The Bertz CT molecular complexity index is 1710. The summed E-state index contributed by atoms with van der Waals surface area (Å²) in [4.78, 5) is 50.1. The van der Waals surface area contributed by atoms with E-state index in [1.807, 2.05) is 126 Å². The average Bonchev–Trinajstić information content (AvgIpc) is 3.28. The van der Waals surface area contributed by atoms with E-state index in [-0.39, 0.29) is 30.4 Å². The monoisotopic (exact) mass is 927 g/mol. The fourth-order valence-corrected chi connectivity index (χ4v) is 4.99. The standard InChI is InChI=1S/C23H29N3O2.C14H19NO2.C6H10.C4H10O.C3H8O.C3H8.C2H4.C2H2/c1-5-22(26(6-2)17(3)27)23(28)25-21-15-11-19(12-16-21)8-7-18-9-13-20(24-4)14-10-18;1-12(2)11-15(8-9-16)14(17)10-13-6-4-3-5-7-13;1-3-5-6-4-2;1-4(2,3)5;1-3(2)4;1-3-2;2*1-2/h7-16,22,24H,5-6H2,1-4H3,(H,25,28);3-7,9,12H,8,10-11H2,1-2H3;3-4H,1-2,5-6H2;5H,1-3H3;3-4H,1-2H3;3H2,1-2H3;1-2H2;1-2H/b8-7+;;;;;;;/t22-;;;;;;;/m0......./s1. The van der Waals surface area contributed by atoms with Crippen LogP contribution in [0.3, 0.4) is 0 Å². The van der Waals surface area contributed by atoms with Crippen molar-refractivity contribution in [1.29, 1.82) is 0 Å². The number of aliphatic hydroxyl groups excluding tert-OH is 1. The zero-order valence-corrected chi connectivity index (χ0v) is 43.7. The van der Waals surface area contributed by atoms with E-state index in [9.17, 15) is 19.2 Å². The van der Waals surface area contributed by atoms with Gasteiger partial charge in [-0.3, -0.25) is 14.4 Å². The van der Waals surface area contributed by atoms with Gasteiger partial charge in [-0.05, 0) is 108 Å². The van der Waals surface area contributed by atoms with Crippen molar-refractivity contribution in [2.45, 2.75) is 133 Å². The fourth-order valence-electron chi connectivity index (χ4n) is 4.99. The molecule has 0 bridgehead atoms. The van der Waals surface area contributed by atoms with Crippen LogP contribution in [0.4, 0.5) is 11.4 Å². The number of hydrogen-bond donors (Lipinski definition) is 4. The summed E-state index contributed by atoms with van der Waals surface area (Å²) in [6.45, 7) is 36.7. The lowest BCUT2D eigenvalue weighted by molar-refractivity contribution is -0.136.